The molecule has 1 aromatic heterocycles. The van der Waals surface area contributed by atoms with Gasteiger partial charge in [-0.2, -0.15) is 5.10 Å². The third kappa shape index (κ3) is 4.60. The van der Waals surface area contributed by atoms with E-state index in [-0.39, 0.29) is 5.41 Å². The Balaban J connectivity index is 2.82. The lowest BCUT2D eigenvalue weighted by molar-refractivity contribution is 0.227. The number of hydrogen-bond donors (Lipinski definition) is 1. The van der Waals surface area contributed by atoms with Crippen molar-refractivity contribution in [2.24, 2.45) is 11.3 Å². The molecule has 1 rings (SSSR count). The van der Waals surface area contributed by atoms with Gasteiger partial charge in [-0.15, -0.1) is 0 Å². The van der Waals surface area contributed by atoms with Crippen molar-refractivity contribution in [2.45, 2.75) is 67.0 Å². The summed E-state index contributed by atoms with van der Waals surface area (Å²) in [5, 5.41) is 7.97. The van der Waals surface area contributed by atoms with Gasteiger partial charge in [0.25, 0.3) is 0 Å². The molecule has 0 fully saturated rings. The molecule has 0 amide bonds. The fourth-order valence-electron chi connectivity index (χ4n) is 2.24. The lowest BCUT2D eigenvalue weighted by Gasteiger charge is -2.34. The quantitative estimate of drug-likeness (QED) is 0.786. The first-order valence-corrected chi connectivity index (χ1v) is 7.50. The molecular weight excluding hydrogens is 236 g/mol. The first-order chi connectivity index (χ1) is 8.90. The van der Waals surface area contributed by atoms with Gasteiger partial charge in [-0.1, -0.05) is 41.5 Å². The summed E-state index contributed by atoms with van der Waals surface area (Å²) in [4.78, 5) is 4.45. The highest BCUT2D eigenvalue weighted by Gasteiger charge is 2.28. The SMILES string of the molecule is CCNC(Cc1ncnn1CC(C)C)C(C)(C)CC. The number of hydrogen-bond acceptors (Lipinski definition) is 3. The monoisotopic (exact) mass is 266 g/mol. The van der Waals surface area contributed by atoms with Crippen LogP contribution in [-0.4, -0.2) is 27.4 Å². The average Bonchev–Trinajstić information content (AvgIpc) is 2.75. The zero-order chi connectivity index (χ0) is 14.5. The first-order valence-electron chi connectivity index (χ1n) is 7.50. The third-order valence-electron chi connectivity index (χ3n) is 3.93. The van der Waals surface area contributed by atoms with Crippen molar-refractivity contribution in [1.29, 1.82) is 0 Å². The molecule has 0 aromatic carbocycles. The van der Waals surface area contributed by atoms with Crippen LogP contribution in [0, 0.1) is 11.3 Å². The van der Waals surface area contributed by atoms with E-state index in [1.807, 2.05) is 0 Å². The minimum Gasteiger partial charge on any atom is -0.313 e. The van der Waals surface area contributed by atoms with E-state index in [2.05, 4.69) is 61.6 Å². The predicted octanol–water partition coefficient (Wildman–Crippen LogP) is 2.89. The molecule has 4 nitrogen and oxygen atoms in total. The van der Waals surface area contributed by atoms with Gasteiger partial charge in [0, 0.05) is 19.0 Å². The smallest absolute Gasteiger partial charge is 0.138 e. The summed E-state index contributed by atoms with van der Waals surface area (Å²) in [6, 6.07) is 0.442. The summed E-state index contributed by atoms with van der Waals surface area (Å²) in [5.41, 5.74) is 0.268. The van der Waals surface area contributed by atoms with Gasteiger partial charge >= 0.3 is 0 Å². The van der Waals surface area contributed by atoms with Crippen LogP contribution in [0.25, 0.3) is 0 Å². The van der Waals surface area contributed by atoms with Crippen LogP contribution >= 0.6 is 0 Å². The molecule has 0 saturated heterocycles. The second kappa shape index (κ2) is 7.04. The van der Waals surface area contributed by atoms with Crippen molar-refractivity contribution >= 4 is 0 Å². The molecule has 0 aliphatic carbocycles. The first kappa shape index (κ1) is 16.2. The largest absolute Gasteiger partial charge is 0.313 e. The van der Waals surface area contributed by atoms with Crippen molar-refractivity contribution in [3.8, 4) is 0 Å². The zero-order valence-corrected chi connectivity index (χ0v) is 13.4. The van der Waals surface area contributed by atoms with Gasteiger partial charge in [-0.3, -0.25) is 0 Å². The van der Waals surface area contributed by atoms with Gasteiger partial charge in [0.05, 0.1) is 0 Å². The Labute approximate surface area is 118 Å². The third-order valence-corrected chi connectivity index (χ3v) is 3.93. The maximum absolute atomic E-state index is 4.45. The molecule has 0 saturated carbocycles. The molecule has 0 aliphatic rings. The molecule has 0 bridgehead atoms. The van der Waals surface area contributed by atoms with Crippen molar-refractivity contribution in [1.82, 2.24) is 20.1 Å². The van der Waals surface area contributed by atoms with E-state index in [1.54, 1.807) is 6.33 Å². The average molecular weight is 266 g/mol. The van der Waals surface area contributed by atoms with Gasteiger partial charge in [-0.05, 0) is 24.3 Å². The van der Waals surface area contributed by atoms with Crippen LogP contribution in [0.4, 0.5) is 0 Å². The Hall–Kier alpha value is -0.900. The molecule has 0 aliphatic heterocycles. The zero-order valence-electron chi connectivity index (χ0n) is 13.4. The molecule has 1 heterocycles. The molecule has 1 N–H and O–H groups in total. The van der Waals surface area contributed by atoms with E-state index >= 15 is 0 Å². The van der Waals surface area contributed by atoms with Crippen LogP contribution in [0.3, 0.4) is 0 Å². The van der Waals surface area contributed by atoms with Crippen molar-refractivity contribution in [3.63, 3.8) is 0 Å². The van der Waals surface area contributed by atoms with Crippen molar-refractivity contribution in [3.05, 3.63) is 12.2 Å². The molecule has 110 valence electrons. The van der Waals surface area contributed by atoms with Crippen LogP contribution in [0.1, 0.15) is 53.8 Å². The van der Waals surface area contributed by atoms with Gasteiger partial charge < -0.3 is 5.32 Å². The van der Waals surface area contributed by atoms with E-state index in [0.717, 1.165) is 31.8 Å². The van der Waals surface area contributed by atoms with E-state index in [0.29, 0.717) is 12.0 Å². The van der Waals surface area contributed by atoms with Crippen molar-refractivity contribution in [2.75, 3.05) is 6.54 Å². The van der Waals surface area contributed by atoms with Gasteiger partial charge in [0.1, 0.15) is 12.2 Å². The fourth-order valence-corrected chi connectivity index (χ4v) is 2.24. The molecule has 4 heteroatoms. The highest BCUT2D eigenvalue weighted by molar-refractivity contribution is 4.95. The number of nitrogens with zero attached hydrogens (tertiary/aromatic N) is 3. The minimum atomic E-state index is 0.268. The van der Waals surface area contributed by atoms with Gasteiger partial charge in [0.15, 0.2) is 0 Å². The van der Waals surface area contributed by atoms with E-state index in [1.165, 1.54) is 0 Å². The summed E-state index contributed by atoms with van der Waals surface area (Å²) in [6.45, 7) is 15.4. The molecule has 1 aromatic rings. The highest BCUT2D eigenvalue weighted by Crippen LogP contribution is 2.27. The number of likely N-dealkylation sites (N-methyl/N-ethyl adjacent to an activating group) is 1. The predicted molar refractivity (Wildman–Crippen MR) is 80.1 cm³/mol. The number of aromatic nitrogens is 3. The van der Waals surface area contributed by atoms with Crippen LogP contribution in [0.15, 0.2) is 6.33 Å². The Kier molecular flexibility index (Phi) is 5.98. The summed E-state index contributed by atoms with van der Waals surface area (Å²) >= 11 is 0. The summed E-state index contributed by atoms with van der Waals surface area (Å²) in [6.07, 6.45) is 3.78. The Morgan fingerprint density at radius 1 is 1.32 bits per heavy atom. The Morgan fingerprint density at radius 3 is 2.53 bits per heavy atom. The summed E-state index contributed by atoms with van der Waals surface area (Å²) < 4.78 is 2.06. The topological polar surface area (TPSA) is 42.7 Å². The highest BCUT2D eigenvalue weighted by atomic mass is 15.3. The summed E-state index contributed by atoms with van der Waals surface area (Å²) in [5.74, 6) is 1.69. The number of rotatable bonds is 8. The molecular formula is C15H30N4. The molecule has 1 atom stereocenters. The second-order valence-electron chi connectivity index (χ2n) is 6.41. The van der Waals surface area contributed by atoms with Crippen molar-refractivity contribution < 1.29 is 0 Å². The lowest BCUT2D eigenvalue weighted by atomic mass is 9.80. The van der Waals surface area contributed by atoms with Crippen LogP contribution in [0.5, 0.6) is 0 Å². The Morgan fingerprint density at radius 2 is 2.00 bits per heavy atom. The van der Waals surface area contributed by atoms with E-state index in [4.69, 9.17) is 0 Å². The van der Waals surface area contributed by atoms with Gasteiger partial charge in [0.2, 0.25) is 0 Å². The normalized spacial score (nSPS) is 14.1. The standard InChI is InChI=1S/C15H30N4/c1-7-15(5,6)13(16-8-2)9-14-17-11-18-19(14)10-12(3)4/h11-13,16H,7-10H2,1-6H3. The lowest BCUT2D eigenvalue weighted by Crippen LogP contribution is -2.43. The fraction of sp³-hybridized carbons (Fsp3) is 0.867. The van der Waals surface area contributed by atoms with Crippen LogP contribution in [-0.2, 0) is 13.0 Å². The minimum absolute atomic E-state index is 0.268. The molecule has 1 unspecified atom stereocenters. The van der Waals surface area contributed by atoms with Crippen LogP contribution in [0.2, 0.25) is 0 Å². The van der Waals surface area contributed by atoms with E-state index < -0.39 is 0 Å². The van der Waals surface area contributed by atoms with Crippen LogP contribution < -0.4 is 5.32 Å². The van der Waals surface area contributed by atoms with Gasteiger partial charge in [-0.25, -0.2) is 9.67 Å². The maximum atomic E-state index is 4.45. The number of nitrogens with one attached hydrogen (secondary N) is 1. The maximum Gasteiger partial charge on any atom is 0.138 e. The summed E-state index contributed by atoms with van der Waals surface area (Å²) in [7, 11) is 0. The molecule has 19 heavy (non-hydrogen) atoms. The molecule has 0 spiro atoms. The Bertz CT molecular complexity index is 368. The van der Waals surface area contributed by atoms with E-state index in [9.17, 15) is 0 Å². The second-order valence-corrected chi connectivity index (χ2v) is 6.41. The molecule has 0 radical (unpaired) electrons.